The Morgan fingerprint density at radius 1 is 1.23 bits per heavy atom. The average Bonchev–Trinajstić information content (AvgIpc) is 3.07. The summed E-state index contributed by atoms with van der Waals surface area (Å²) in [6, 6.07) is 10.5. The Labute approximate surface area is 189 Å². The van der Waals surface area contributed by atoms with Crippen LogP contribution in [0, 0.1) is 13.8 Å². The summed E-state index contributed by atoms with van der Waals surface area (Å²) in [4.78, 5) is 5.43. The van der Waals surface area contributed by atoms with Crippen LogP contribution in [0.25, 0.3) is 11.0 Å². The van der Waals surface area contributed by atoms with Gasteiger partial charge in [0.15, 0.2) is 0 Å². The van der Waals surface area contributed by atoms with Crippen molar-refractivity contribution in [1.82, 2.24) is 20.0 Å². The quantitative estimate of drug-likeness (QED) is 0.590. The number of nitrogens with zero attached hydrogens (tertiary/aromatic N) is 3. The van der Waals surface area contributed by atoms with E-state index in [1.54, 1.807) is 0 Å². The first-order valence-electron chi connectivity index (χ1n) is 10.8. The van der Waals surface area contributed by atoms with Gasteiger partial charge in [-0.1, -0.05) is 37.3 Å². The van der Waals surface area contributed by atoms with Crippen LogP contribution in [0.4, 0.5) is 0 Å². The molecule has 4 rings (SSSR count). The van der Waals surface area contributed by atoms with E-state index in [-0.39, 0.29) is 0 Å². The summed E-state index contributed by atoms with van der Waals surface area (Å²) in [5.41, 5.74) is 9.95. The van der Waals surface area contributed by atoms with Gasteiger partial charge in [0, 0.05) is 25.7 Å². The van der Waals surface area contributed by atoms with E-state index in [4.69, 9.17) is 26.7 Å². The summed E-state index contributed by atoms with van der Waals surface area (Å²) >= 11 is 5.73. The third-order valence-electron chi connectivity index (χ3n) is 5.97. The van der Waals surface area contributed by atoms with E-state index >= 15 is 0 Å². The van der Waals surface area contributed by atoms with Gasteiger partial charge in [0.2, 0.25) is 0 Å². The molecule has 7 heteroatoms. The van der Waals surface area contributed by atoms with Gasteiger partial charge in [0.05, 0.1) is 18.7 Å². The van der Waals surface area contributed by atoms with Gasteiger partial charge in [0.1, 0.15) is 28.7 Å². The van der Waals surface area contributed by atoms with Crippen LogP contribution < -0.4 is 10.2 Å². The first kappa shape index (κ1) is 21.7. The molecule has 1 saturated heterocycles. The standard InChI is InChI=1S/C24H30N4O2S/c1-5-18-8-6-7-16(2)20(18)15-30-22-14-19(13-21-23(22)25-17(3)27(21)4)24(31)26-28-9-11-29-12-10-28/h6-8,13-14H,5,9-12,15H2,1-4H3,(H,26,31). The van der Waals surface area contributed by atoms with Crippen LogP contribution in [-0.2, 0) is 24.8 Å². The van der Waals surface area contributed by atoms with Crippen LogP contribution in [-0.4, -0.2) is 45.9 Å². The van der Waals surface area contributed by atoms with Gasteiger partial charge in [-0.3, -0.25) is 0 Å². The lowest BCUT2D eigenvalue weighted by atomic mass is 10.0. The zero-order valence-corrected chi connectivity index (χ0v) is 19.5. The molecule has 31 heavy (non-hydrogen) atoms. The molecular weight excluding hydrogens is 408 g/mol. The Hall–Kier alpha value is -2.48. The number of morpholine rings is 1. The number of benzene rings is 2. The van der Waals surface area contributed by atoms with Gasteiger partial charge < -0.3 is 19.5 Å². The lowest BCUT2D eigenvalue weighted by molar-refractivity contribution is 0.0253. The molecule has 164 valence electrons. The van der Waals surface area contributed by atoms with Crippen molar-refractivity contribution in [3.8, 4) is 5.75 Å². The molecule has 1 aliphatic heterocycles. The van der Waals surface area contributed by atoms with Crippen molar-refractivity contribution < 1.29 is 9.47 Å². The number of rotatable bonds is 6. The molecule has 0 aliphatic carbocycles. The van der Waals surface area contributed by atoms with E-state index in [1.165, 1.54) is 16.7 Å². The maximum absolute atomic E-state index is 6.38. The second-order valence-electron chi connectivity index (χ2n) is 7.96. The van der Waals surface area contributed by atoms with Crippen molar-refractivity contribution in [1.29, 1.82) is 0 Å². The molecule has 3 aromatic rings. The molecule has 1 aliphatic rings. The molecule has 0 radical (unpaired) electrons. The van der Waals surface area contributed by atoms with Gasteiger partial charge in [-0.2, -0.15) is 0 Å². The van der Waals surface area contributed by atoms with Gasteiger partial charge >= 0.3 is 0 Å². The molecule has 1 aromatic heterocycles. The zero-order chi connectivity index (χ0) is 22.0. The van der Waals surface area contributed by atoms with Crippen molar-refractivity contribution in [2.45, 2.75) is 33.8 Å². The van der Waals surface area contributed by atoms with Crippen LogP contribution >= 0.6 is 12.2 Å². The number of ether oxygens (including phenoxy) is 2. The van der Waals surface area contributed by atoms with E-state index in [2.05, 4.69) is 53.1 Å². The van der Waals surface area contributed by atoms with E-state index in [1.807, 2.05) is 20.0 Å². The Balaban J connectivity index is 1.65. The zero-order valence-electron chi connectivity index (χ0n) is 18.7. The molecule has 1 fully saturated rings. The number of aryl methyl sites for hydroxylation is 4. The lowest BCUT2D eigenvalue weighted by Gasteiger charge is -2.28. The first-order chi connectivity index (χ1) is 15.0. The fourth-order valence-electron chi connectivity index (χ4n) is 3.95. The number of hydrazine groups is 1. The van der Waals surface area contributed by atoms with E-state index in [0.29, 0.717) is 24.8 Å². The van der Waals surface area contributed by atoms with Crippen molar-refractivity contribution in [3.63, 3.8) is 0 Å². The lowest BCUT2D eigenvalue weighted by Crippen LogP contribution is -2.48. The van der Waals surface area contributed by atoms with Crippen molar-refractivity contribution in [2.24, 2.45) is 7.05 Å². The van der Waals surface area contributed by atoms with Crippen LogP contribution in [0.5, 0.6) is 5.75 Å². The molecule has 2 heterocycles. The average molecular weight is 439 g/mol. The molecule has 0 spiro atoms. The minimum Gasteiger partial charge on any atom is -0.487 e. The highest BCUT2D eigenvalue weighted by atomic mass is 32.1. The molecule has 0 unspecified atom stereocenters. The number of hydrogen-bond donors (Lipinski definition) is 1. The van der Waals surface area contributed by atoms with Gasteiger partial charge in [-0.25, -0.2) is 9.99 Å². The number of thiocarbonyl (C=S) groups is 1. The van der Waals surface area contributed by atoms with Gasteiger partial charge in [-0.15, -0.1) is 0 Å². The molecule has 2 aromatic carbocycles. The molecule has 0 amide bonds. The minimum atomic E-state index is 0.508. The predicted octanol–water partition coefficient (Wildman–Crippen LogP) is 3.84. The topological polar surface area (TPSA) is 51.6 Å². The number of aromatic nitrogens is 2. The second-order valence-corrected chi connectivity index (χ2v) is 8.36. The third-order valence-corrected chi connectivity index (χ3v) is 6.30. The summed E-state index contributed by atoms with van der Waals surface area (Å²) < 4.78 is 13.9. The summed E-state index contributed by atoms with van der Waals surface area (Å²) in [6.07, 6.45) is 0.978. The maximum atomic E-state index is 6.38. The fourth-order valence-corrected chi connectivity index (χ4v) is 4.19. The predicted molar refractivity (Wildman–Crippen MR) is 128 cm³/mol. The molecule has 0 atom stereocenters. The minimum absolute atomic E-state index is 0.508. The Morgan fingerprint density at radius 3 is 2.74 bits per heavy atom. The molecule has 0 bridgehead atoms. The van der Waals surface area contributed by atoms with E-state index in [0.717, 1.165) is 47.7 Å². The Bertz CT molecular complexity index is 1100. The summed E-state index contributed by atoms with van der Waals surface area (Å²) in [5, 5.41) is 2.10. The monoisotopic (exact) mass is 438 g/mol. The first-order valence-corrected chi connectivity index (χ1v) is 11.2. The van der Waals surface area contributed by atoms with E-state index < -0.39 is 0 Å². The number of fused-ring (bicyclic) bond motifs is 1. The number of hydrogen-bond acceptors (Lipinski definition) is 5. The smallest absolute Gasteiger partial charge is 0.148 e. The third kappa shape index (κ3) is 4.59. The maximum Gasteiger partial charge on any atom is 0.148 e. The van der Waals surface area contributed by atoms with Crippen molar-refractivity contribution in [2.75, 3.05) is 26.3 Å². The van der Waals surface area contributed by atoms with Crippen LogP contribution in [0.1, 0.15) is 35.0 Å². The van der Waals surface area contributed by atoms with Gasteiger partial charge in [0.25, 0.3) is 0 Å². The SMILES string of the molecule is CCc1cccc(C)c1COc1cc(C(=S)NN2CCOCC2)cc2c1nc(C)n2C. The summed E-state index contributed by atoms with van der Waals surface area (Å²) in [5.74, 6) is 1.70. The van der Waals surface area contributed by atoms with Crippen LogP contribution in [0.2, 0.25) is 0 Å². The number of nitrogens with one attached hydrogen (secondary N) is 1. The Kier molecular flexibility index (Phi) is 6.55. The number of imidazole rings is 1. The second kappa shape index (κ2) is 9.34. The summed E-state index contributed by atoms with van der Waals surface area (Å²) in [7, 11) is 2.02. The van der Waals surface area contributed by atoms with Crippen LogP contribution in [0.15, 0.2) is 30.3 Å². The van der Waals surface area contributed by atoms with E-state index in [9.17, 15) is 0 Å². The highest BCUT2D eigenvalue weighted by Gasteiger charge is 2.17. The highest BCUT2D eigenvalue weighted by molar-refractivity contribution is 7.80. The summed E-state index contributed by atoms with van der Waals surface area (Å²) in [6.45, 7) is 9.86. The molecule has 0 saturated carbocycles. The molecule has 6 nitrogen and oxygen atoms in total. The largest absolute Gasteiger partial charge is 0.487 e. The highest BCUT2D eigenvalue weighted by Crippen LogP contribution is 2.29. The van der Waals surface area contributed by atoms with Crippen molar-refractivity contribution >= 4 is 28.2 Å². The molecule has 1 N–H and O–H groups in total. The Morgan fingerprint density at radius 2 is 2.00 bits per heavy atom. The van der Waals surface area contributed by atoms with Gasteiger partial charge in [-0.05, 0) is 49.1 Å². The normalized spacial score (nSPS) is 14.7. The van der Waals surface area contributed by atoms with Crippen LogP contribution in [0.3, 0.4) is 0 Å². The fraction of sp³-hybridized carbons (Fsp3) is 0.417. The molecular formula is C24H30N4O2S. The van der Waals surface area contributed by atoms with Crippen molar-refractivity contribution in [3.05, 3.63) is 58.4 Å².